The fourth-order valence-electron chi connectivity index (χ4n) is 4.53. The summed E-state index contributed by atoms with van der Waals surface area (Å²) < 4.78 is 10.6. The van der Waals surface area contributed by atoms with Gasteiger partial charge in [-0.25, -0.2) is 4.79 Å². The Kier molecular flexibility index (Phi) is 8.93. The van der Waals surface area contributed by atoms with Crippen LogP contribution in [0.15, 0.2) is 90.2 Å². The first-order chi connectivity index (χ1) is 16.4. The lowest BCUT2D eigenvalue weighted by Crippen LogP contribution is -2.30. The fourth-order valence-corrected chi connectivity index (χ4v) is 4.53. The van der Waals surface area contributed by atoms with Crippen molar-refractivity contribution < 1.29 is 14.3 Å². The van der Waals surface area contributed by atoms with Crippen molar-refractivity contribution in [2.45, 2.75) is 64.2 Å². The topological polar surface area (TPSA) is 35.5 Å². The molecular formula is C31H34O3. The van der Waals surface area contributed by atoms with Gasteiger partial charge in [-0.15, -0.1) is 13.0 Å². The third-order valence-electron chi connectivity index (χ3n) is 6.44. The minimum atomic E-state index is -0.847. The van der Waals surface area contributed by atoms with Crippen molar-refractivity contribution >= 4 is 6.16 Å². The van der Waals surface area contributed by atoms with E-state index in [4.69, 9.17) is 15.9 Å². The zero-order chi connectivity index (χ0) is 24.4. The van der Waals surface area contributed by atoms with Crippen LogP contribution in [0.1, 0.15) is 69.9 Å². The van der Waals surface area contributed by atoms with E-state index in [1.807, 2.05) is 32.1 Å². The Morgan fingerprint density at radius 3 is 2.24 bits per heavy atom. The molecule has 2 aromatic rings. The molecule has 1 aliphatic carbocycles. The van der Waals surface area contributed by atoms with Gasteiger partial charge in [0, 0.05) is 5.41 Å². The number of benzene rings is 2. The molecule has 1 fully saturated rings. The minimum Gasteiger partial charge on any atom is -0.395 e. The van der Waals surface area contributed by atoms with Gasteiger partial charge < -0.3 is 9.47 Å². The van der Waals surface area contributed by atoms with Crippen LogP contribution in [0.2, 0.25) is 0 Å². The van der Waals surface area contributed by atoms with Gasteiger partial charge in [0.25, 0.3) is 0 Å². The monoisotopic (exact) mass is 454 g/mol. The molecule has 176 valence electrons. The zero-order valence-electron chi connectivity index (χ0n) is 20.3. The van der Waals surface area contributed by atoms with Crippen molar-refractivity contribution in [3.8, 4) is 18.1 Å². The Balaban J connectivity index is 1.67. The van der Waals surface area contributed by atoms with Gasteiger partial charge >= 0.3 is 6.16 Å². The van der Waals surface area contributed by atoms with E-state index in [1.54, 1.807) is 6.08 Å². The number of carbonyl (C=O) groups excluding carboxylic acids is 1. The van der Waals surface area contributed by atoms with Crippen LogP contribution in [-0.4, -0.2) is 6.16 Å². The molecular weight excluding hydrogens is 420 g/mol. The maximum atomic E-state index is 12.3. The summed E-state index contributed by atoms with van der Waals surface area (Å²) in [5, 5.41) is 0. The normalized spacial score (nSPS) is 15.8. The minimum absolute atomic E-state index is 0.00621. The molecule has 0 bridgehead atoms. The van der Waals surface area contributed by atoms with Gasteiger partial charge in [-0.05, 0) is 74.8 Å². The van der Waals surface area contributed by atoms with Crippen molar-refractivity contribution in [1.82, 2.24) is 0 Å². The van der Waals surface area contributed by atoms with E-state index in [0.29, 0.717) is 5.75 Å². The summed E-state index contributed by atoms with van der Waals surface area (Å²) in [6.07, 6.45) is 15.8. The first-order valence-corrected chi connectivity index (χ1v) is 12.0. The summed E-state index contributed by atoms with van der Waals surface area (Å²) in [7, 11) is 0. The van der Waals surface area contributed by atoms with E-state index in [0.717, 1.165) is 36.8 Å². The Bertz CT molecular complexity index is 1080. The van der Waals surface area contributed by atoms with E-state index in [9.17, 15) is 4.79 Å². The molecule has 0 N–H and O–H groups in total. The van der Waals surface area contributed by atoms with E-state index < -0.39 is 6.16 Å². The maximum absolute atomic E-state index is 12.3. The molecule has 0 radical (unpaired) electrons. The van der Waals surface area contributed by atoms with Gasteiger partial charge in [0.1, 0.15) is 5.75 Å². The first-order valence-electron chi connectivity index (χ1n) is 12.0. The summed E-state index contributed by atoms with van der Waals surface area (Å²) in [6.45, 7) is 7.91. The molecule has 0 aliphatic heterocycles. The number of terminal acetylenes is 1. The molecule has 2 aromatic carbocycles. The average Bonchev–Trinajstić information content (AvgIpc) is 2.86. The van der Waals surface area contributed by atoms with E-state index >= 15 is 0 Å². The lowest BCUT2D eigenvalue weighted by atomic mass is 9.65. The Morgan fingerprint density at radius 1 is 0.971 bits per heavy atom. The Labute approximate surface area is 204 Å². The van der Waals surface area contributed by atoms with Crippen molar-refractivity contribution in [1.29, 1.82) is 0 Å². The number of hydrogen-bond acceptors (Lipinski definition) is 3. The van der Waals surface area contributed by atoms with Gasteiger partial charge in [-0.2, -0.15) is 0 Å². The highest BCUT2D eigenvalue weighted by Crippen LogP contribution is 2.45. The number of carbonyl (C=O) groups is 1. The van der Waals surface area contributed by atoms with Crippen LogP contribution in [0.3, 0.4) is 0 Å². The summed E-state index contributed by atoms with van der Waals surface area (Å²) in [6, 6.07) is 18.5. The second-order valence-corrected chi connectivity index (χ2v) is 9.13. The molecule has 0 aromatic heterocycles. The Hall–Kier alpha value is -3.51. The molecule has 0 saturated heterocycles. The third-order valence-corrected chi connectivity index (χ3v) is 6.44. The number of hydrogen-bond donors (Lipinski definition) is 0. The summed E-state index contributed by atoms with van der Waals surface area (Å²) in [5.41, 5.74) is 4.85. The quantitative estimate of drug-likeness (QED) is 0.101. The molecule has 0 unspecified atom stereocenters. The maximum Gasteiger partial charge on any atom is 0.520 e. The Morgan fingerprint density at radius 2 is 1.62 bits per heavy atom. The van der Waals surface area contributed by atoms with Gasteiger partial charge in [0.15, 0.2) is 5.76 Å². The summed E-state index contributed by atoms with van der Waals surface area (Å²) in [5.74, 6) is 2.93. The van der Waals surface area contributed by atoms with E-state index in [2.05, 4.69) is 55.0 Å². The predicted octanol–water partition coefficient (Wildman–Crippen LogP) is 8.27. The number of ether oxygens (including phenoxy) is 2. The average molecular weight is 455 g/mol. The summed E-state index contributed by atoms with van der Waals surface area (Å²) >= 11 is 0. The highest BCUT2D eigenvalue weighted by Gasteiger charge is 2.35. The lowest BCUT2D eigenvalue weighted by Gasteiger charge is -2.38. The predicted molar refractivity (Wildman–Crippen MR) is 139 cm³/mol. The van der Waals surface area contributed by atoms with Crippen LogP contribution in [0.4, 0.5) is 4.79 Å². The smallest absolute Gasteiger partial charge is 0.395 e. The van der Waals surface area contributed by atoms with Crippen LogP contribution in [0.25, 0.3) is 0 Å². The van der Waals surface area contributed by atoms with Gasteiger partial charge in [0.2, 0.25) is 0 Å². The standard InChI is InChI=1S/C31H34O3/c1-5-28(19-16-25(4)15-14-24(2)3)33-30(32)34-29-20-17-27(18-21-29)31(22-10-7-11-23-31)26-12-8-6-9-13-26/h1,6,8-9,12-13,16-21H,2,7,10-11,14-15,22-23H2,3-4H3/b25-16+,28-19+. The molecule has 1 saturated carbocycles. The lowest BCUT2D eigenvalue weighted by molar-refractivity contribution is 0.130. The molecule has 0 atom stereocenters. The second-order valence-electron chi connectivity index (χ2n) is 9.13. The van der Waals surface area contributed by atoms with Crippen molar-refractivity contribution in [3.05, 3.63) is 101 Å². The largest absolute Gasteiger partial charge is 0.520 e. The van der Waals surface area contributed by atoms with Crippen LogP contribution < -0.4 is 4.74 Å². The molecule has 3 rings (SSSR count). The molecule has 3 heteroatoms. The number of rotatable bonds is 8. The van der Waals surface area contributed by atoms with Crippen LogP contribution in [0.5, 0.6) is 5.75 Å². The van der Waals surface area contributed by atoms with Crippen molar-refractivity contribution in [2.24, 2.45) is 0 Å². The first kappa shape index (κ1) is 25.1. The fraction of sp³-hybridized carbons (Fsp3) is 0.323. The SMILES string of the molecule is C#C/C(=C\C=C(/C)CCC(=C)C)OC(=O)Oc1ccc(C2(c3ccccc3)CCCCC2)cc1. The zero-order valence-corrected chi connectivity index (χ0v) is 20.3. The van der Waals surface area contributed by atoms with Gasteiger partial charge in [0.05, 0.1) is 0 Å². The third kappa shape index (κ3) is 6.75. The molecule has 34 heavy (non-hydrogen) atoms. The highest BCUT2D eigenvalue weighted by atomic mass is 16.7. The van der Waals surface area contributed by atoms with Crippen molar-refractivity contribution in [2.75, 3.05) is 0 Å². The molecule has 0 spiro atoms. The van der Waals surface area contributed by atoms with Gasteiger partial charge in [-0.3, -0.25) is 0 Å². The highest BCUT2D eigenvalue weighted by molar-refractivity contribution is 5.66. The van der Waals surface area contributed by atoms with Crippen LogP contribution in [-0.2, 0) is 10.2 Å². The molecule has 0 amide bonds. The molecule has 0 heterocycles. The second kappa shape index (κ2) is 12.1. The molecule has 3 nitrogen and oxygen atoms in total. The van der Waals surface area contributed by atoms with Crippen LogP contribution in [0, 0.1) is 12.3 Å². The van der Waals surface area contributed by atoms with Gasteiger partial charge in [-0.1, -0.05) is 78.9 Å². The van der Waals surface area contributed by atoms with E-state index in [1.165, 1.54) is 30.4 Å². The van der Waals surface area contributed by atoms with Crippen LogP contribution >= 0.6 is 0 Å². The van der Waals surface area contributed by atoms with Crippen molar-refractivity contribution in [3.63, 3.8) is 0 Å². The number of allylic oxidation sites excluding steroid dienone is 5. The molecule has 1 aliphatic rings. The summed E-state index contributed by atoms with van der Waals surface area (Å²) in [4.78, 5) is 12.3. The van der Waals surface area contributed by atoms with E-state index in [-0.39, 0.29) is 11.2 Å².